The third-order valence-electron chi connectivity index (χ3n) is 5.25. The van der Waals surface area contributed by atoms with Crippen LogP contribution in [0.15, 0.2) is 0 Å². The van der Waals surface area contributed by atoms with Gasteiger partial charge in [-0.3, -0.25) is 25.0 Å². The van der Waals surface area contributed by atoms with E-state index in [2.05, 4.69) is 20.5 Å². The van der Waals surface area contributed by atoms with Crippen LogP contribution in [0, 0.1) is 5.41 Å². The molecule has 3 aliphatic rings. The molecular weight excluding hydrogens is 382 g/mol. The molecule has 0 radical (unpaired) electrons. The van der Waals surface area contributed by atoms with Gasteiger partial charge in [0.25, 0.3) is 11.8 Å². The molecule has 27 heavy (non-hydrogen) atoms. The van der Waals surface area contributed by atoms with Gasteiger partial charge in [0.15, 0.2) is 0 Å². The van der Waals surface area contributed by atoms with Crippen LogP contribution in [0.25, 0.3) is 0 Å². The Kier molecular flexibility index (Phi) is 5.05. The highest BCUT2D eigenvalue weighted by molar-refractivity contribution is 7.80. The lowest BCUT2D eigenvalue weighted by molar-refractivity contribution is -0.133. The molecule has 0 aromatic rings. The van der Waals surface area contributed by atoms with E-state index in [-0.39, 0.29) is 24.9 Å². The standard InChI is InChI=1S/C14H23N5O7S/c1-14(2)6-9(12(21)17-16-11(20)8-4-3-5-15-8)18-7-10(14)19(13(18)22)26-27(23,24)25/h8-10,15H,3-7H2,1-2H3,(H,16,20)(H,17,21)(H,23,24,25). The quantitative estimate of drug-likeness (QED) is 0.326. The number of hydrogen-bond acceptors (Lipinski definition) is 7. The number of hydrazine groups is 1. The van der Waals surface area contributed by atoms with Crippen LogP contribution in [0.3, 0.4) is 0 Å². The number of nitrogens with one attached hydrogen (secondary N) is 3. The van der Waals surface area contributed by atoms with Gasteiger partial charge in [0.05, 0.1) is 12.1 Å². The minimum absolute atomic E-state index is 0.0531. The second-order valence-corrected chi connectivity index (χ2v) is 8.62. The van der Waals surface area contributed by atoms with Gasteiger partial charge in [-0.15, -0.1) is 4.28 Å². The van der Waals surface area contributed by atoms with E-state index in [0.717, 1.165) is 17.9 Å². The Morgan fingerprint density at radius 1 is 1.30 bits per heavy atom. The van der Waals surface area contributed by atoms with Crippen molar-refractivity contribution in [1.82, 2.24) is 26.1 Å². The molecule has 4 amide bonds. The summed E-state index contributed by atoms with van der Waals surface area (Å²) in [7, 11) is -4.88. The van der Waals surface area contributed by atoms with Gasteiger partial charge >= 0.3 is 16.4 Å². The highest BCUT2D eigenvalue weighted by atomic mass is 32.3. The van der Waals surface area contributed by atoms with Crippen LogP contribution in [-0.2, 0) is 24.3 Å². The van der Waals surface area contributed by atoms with Crippen molar-refractivity contribution in [2.75, 3.05) is 13.1 Å². The van der Waals surface area contributed by atoms with E-state index in [1.54, 1.807) is 13.8 Å². The fourth-order valence-electron chi connectivity index (χ4n) is 3.79. The zero-order valence-electron chi connectivity index (χ0n) is 15.0. The number of hydrogen-bond donors (Lipinski definition) is 4. The monoisotopic (exact) mass is 405 g/mol. The molecule has 3 rings (SSSR count). The predicted octanol–water partition coefficient (Wildman–Crippen LogP) is -1.48. The molecule has 3 unspecified atom stereocenters. The SMILES string of the molecule is CC1(C)CC(C(=O)NNC(=O)C2CCCN2)N2CC1N(OS(=O)(=O)O)C2=O. The maximum Gasteiger partial charge on any atom is 0.418 e. The first-order valence-electron chi connectivity index (χ1n) is 8.59. The van der Waals surface area contributed by atoms with Crippen molar-refractivity contribution in [2.24, 2.45) is 5.41 Å². The van der Waals surface area contributed by atoms with E-state index in [9.17, 15) is 22.8 Å². The van der Waals surface area contributed by atoms with E-state index in [1.807, 2.05) is 0 Å². The van der Waals surface area contributed by atoms with Crippen LogP contribution in [0.4, 0.5) is 4.79 Å². The van der Waals surface area contributed by atoms with Gasteiger partial charge in [-0.25, -0.2) is 4.79 Å². The second-order valence-electron chi connectivity index (χ2n) is 7.61. The Morgan fingerprint density at radius 3 is 2.56 bits per heavy atom. The molecule has 0 saturated carbocycles. The summed E-state index contributed by atoms with van der Waals surface area (Å²) < 4.78 is 35.4. The number of carbonyl (C=O) groups is 3. The van der Waals surface area contributed by atoms with Crippen molar-refractivity contribution in [1.29, 1.82) is 0 Å². The third-order valence-corrected chi connectivity index (χ3v) is 5.60. The Labute approximate surface area is 156 Å². The number of carbonyl (C=O) groups excluding carboxylic acids is 3. The Hall–Kier alpha value is -1.96. The lowest BCUT2D eigenvalue weighted by Gasteiger charge is -2.40. The molecule has 12 nitrogen and oxygen atoms in total. The van der Waals surface area contributed by atoms with Gasteiger partial charge < -0.3 is 10.2 Å². The Morgan fingerprint density at radius 2 is 1.96 bits per heavy atom. The van der Waals surface area contributed by atoms with Crippen LogP contribution >= 0.6 is 0 Å². The molecule has 0 spiro atoms. The molecule has 0 aliphatic carbocycles. The van der Waals surface area contributed by atoms with E-state index in [0.29, 0.717) is 11.5 Å². The fraction of sp³-hybridized carbons (Fsp3) is 0.786. The van der Waals surface area contributed by atoms with Crippen molar-refractivity contribution in [3.05, 3.63) is 0 Å². The van der Waals surface area contributed by atoms with Crippen LogP contribution in [0.2, 0.25) is 0 Å². The number of rotatable bonds is 4. The highest BCUT2D eigenvalue weighted by Gasteiger charge is 2.56. The van der Waals surface area contributed by atoms with E-state index in [4.69, 9.17) is 4.55 Å². The number of nitrogens with zero attached hydrogens (tertiary/aromatic N) is 2. The molecular formula is C14H23N5O7S. The van der Waals surface area contributed by atoms with Crippen LogP contribution in [0.5, 0.6) is 0 Å². The summed E-state index contributed by atoms with van der Waals surface area (Å²) in [5.41, 5.74) is 4.01. The average Bonchev–Trinajstić information content (AvgIpc) is 3.18. The zero-order chi connectivity index (χ0) is 20.0. The minimum atomic E-state index is -4.88. The molecule has 152 valence electrons. The van der Waals surface area contributed by atoms with Gasteiger partial charge in [-0.05, 0) is 31.2 Å². The Bertz CT molecular complexity index is 749. The largest absolute Gasteiger partial charge is 0.418 e. The van der Waals surface area contributed by atoms with Crippen molar-refractivity contribution in [2.45, 2.75) is 51.2 Å². The van der Waals surface area contributed by atoms with E-state index < -0.39 is 39.8 Å². The van der Waals surface area contributed by atoms with E-state index in [1.165, 1.54) is 0 Å². The second kappa shape index (κ2) is 6.89. The van der Waals surface area contributed by atoms with Crippen LogP contribution in [0.1, 0.15) is 33.1 Å². The predicted molar refractivity (Wildman–Crippen MR) is 89.9 cm³/mol. The summed E-state index contributed by atoms with van der Waals surface area (Å²) >= 11 is 0. The van der Waals surface area contributed by atoms with Gasteiger partial charge in [0.1, 0.15) is 6.04 Å². The number of hydroxylamine groups is 2. The summed E-state index contributed by atoms with van der Waals surface area (Å²) in [6.07, 6.45) is 1.76. The average molecular weight is 405 g/mol. The van der Waals surface area contributed by atoms with Gasteiger partial charge in [-0.1, -0.05) is 13.8 Å². The number of amides is 4. The van der Waals surface area contributed by atoms with Crippen molar-refractivity contribution in [3.8, 4) is 0 Å². The summed E-state index contributed by atoms with van der Waals surface area (Å²) in [6, 6.07) is -2.79. The summed E-state index contributed by atoms with van der Waals surface area (Å²) in [5.74, 6) is -0.951. The van der Waals surface area contributed by atoms with Gasteiger partial charge in [0, 0.05) is 6.54 Å². The normalized spacial score (nSPS) is 29.7. The molecule has 4 N–H and O–H groups in total. The first-order valence-corrected chi connectivity index (χ1v) is 9.96. The highest BCUT2D eigenvalue weighted by Crippen LogP contribution is 2.42. The first-order chi connectivity index (χ1) is 12.5. The number of piperidine rings is 1. The van der Waals surface area contributed by atoms with E-state index >= 15 is 0 Å². The number of urea groups is 1. The first kappa shape index (κ1) is 19.8. The number of fused-ring (bicyclic) bond motifs is 2. The molecule has 3 heterocycles. The topological polar surface area (TPSA) is 157 Å². The molecule has 13 heteroatoms. The van der Waals surface area contributed by atoms with Crippen LogP contribution < -0.4 is 16.2 Å². The summed E-state index contributed by atoms with van der Waals surface area (Å²) in [6.45, 7) is 4.30. The molecule has 2 bridgehead atoms. The van der Waals surface area contributed by atoms with Gasteiger partial charge in [-0.2, -0.15) is 13.5 Å². The minimum Gasteiger partial charge on any atom is -0.309 e. The molecule has 3 saturated heterocycles. The van der Waals surface area contributed by atoms with Crippen LogP contribution in [-0.4, -0.2) is 72.0 Å². The molecule has 0 aromatic heterocycles. The summed E-state index contributed by atoms with van der Waals surface area (Å²) in [4.78, 5) is 38.2. The van der Waals surface area contributed by atoms with Crippen molar-refractivity contribution in [3.63, 3.8) is 0 Å². The lowest BCUT2D eigenvalue weighted by Crippen LogP contribution is -2.58. The summed E-state index contributed by atoms with van der Waals surface area (Å²) in [5, 5.41) is 3.59. The maximum atomic E-state index is 12.6. The smallest absolute Gasteiger partial charge is 0.309 e. The fourth-order valence-corrected chi connectivity index (χ4v) is 4.16. The maximum absolute atomic E-state index is 12.6. The molecule has 3 fully saturated rings. The van der Waals surface area contributed by atoms with Crippen molar-refractivity contribution < 1.29 is 31.6 Å². The molecule has 0 aromatic carbocycles. The lowest BCUT2D eigenvalue weighted by atomic mass is 9.76. The molecule has 3 atom stereocenters. The third kappa shape index (κ3) is 4.00. The zero-order valence-corrected chi connectivity index (χ0v) is 15.8. The molecule has 3 aliphatic heterocycles. The Balaban J connectivity index is 1.69. The van der Waals surface area contributed by atoms with Gasteiger partial charge in [0.2, 0.25) is 0 Å². The van der Waals surface area contributed by atoms with Crippen molar-refractivity contribution >= 4 is 28.2 Å².